The minimum Gasteiger partial charge on any atom is -0.457 e. The molecule has 0 bridgehead atoms. The van der Waals surface area contributed by atoms with Crippen LogP contribution in [0, 0.1) is 0 Å². The summed E-state index contributed by atoms with van der Waals surface area (Å²) in [6.45, 7) is 4.43. The molecular formula is C25H27N5O3. The maximum Gasteiger partial charge on any atom is 0.417 e. The molecule has 2 atom stereocenters. The number of hydrogen-bond acceptors (Lipinski definition) is 7. The molecule has 1 saturated carbocycles. The number of carbonyl (C=O) groups excluding carboxylic acids is 1. The Hall–Kier alpha value is -3.68. The normalized spacial score (nSPS) is 18.7. The largest absolute Gasteiger partial charge is 0.457 e. The minimum absolute atomic E-state index is 0.0504. The number of hydrogen-bond donors (Lipinski definition) is 1. The molecule has 3 aromatic rings. The average Bonchev–Trinajstić information content (AvgIpc) is 3.62. The minimum atomic E-state index is -0.400. The van der Waals surface area contributed by atoms with Crippen molar-refractivity contribution in [1.82, 2.24) is 15.0 Å². The van der Waals surface area contributed by atoms with Crippen molar-refractivity contribution in [3.05, 3.63) is 66.0 Å². The van der Waals surface area contributed by atoms with Crippen LogP contribution >= 0.6 is 0 Å². The zero-order valence-electron chi connectivity index (χ0n) is 18.8. The fraction of sp³-hybridized carbons (Fsp3) is 0.360. The van der Waals surface area contributed by atoms with Crippen molar-refractivity contribution in [2.75, 3.05) is 16.8 Å². The molecule has 1 aliphatic heterocycles. The molecular weight excluding hydrogens is 418 g/mol. The number of cyclic esters (lactones) is 1. The van der Waals surface area contributed by atoms with Crippen molar-refractivity contribution in [3.8, 4) is 11.5 Å². The number of para-hydroxylation sites is 1. The third-order valence-electron chi connectivity index (χ3n) is 5.94. The number of ether oxygens (including phenoxy) is 2. The predicted octanol–water partition coefficient (Wildman–Crippen LogP) is 5.45. The second-order valence-corrected chi connectivity index (χ2v) is 8.45. The van der Waals surface area contributed by atoms with Gasteiger partial charge in [-0.25, -0.2) is 9.69 Å². The molecule has 2 aromatic carbocycles. The topological polar surface area (TPSA) is 89.5 Å². The summed E-state index contributed by atoms with van der Waals surface area (Å²) in [5.74, 6) is 3.46. The maximum atomic E-state index is 12.3. The van der Waals surface area contributed by atoms with Gasteiger partial charge in [0.25, 0.3) is 0 Å². The van der Waals surface area contributed by atoms with Crippen LogP contribution in [0.4, 0.5) is 16.7 Å². The van der Waals surface area contributed by atoms with Crippen LogP contribution in [-0.2, 0) is 4.74 Å². The summed E-state index contributed by atoms with van der Waals surface area (Å²) >= 11 is 0. The number of amides is 1. The molecule has 1 aromatic heterocycles. The maximum absolute atomic E-state index is 12.3. The van der Waals surface area contributed by atoms with Crippen molar-refractivity contribution in [2.24, 2.45) is 0 Å². The third kappa shape index (κ3) is 4.74. The summed E-state index contributed by atoms with van der Waals surface area (Å²) in [5.41, 5.74) is 1.07. The first-order valence-electron chi connectivity index (χ1n) is 11.4. The van der Waals surface area contributed by atoms with Crippen molar-refractivity contribution in [1.29, 1.82) is 0 Å². The summed E-state index contributed by atoms with van der Waals surface area (Å²) in [6, 6.07) is 17.5. The lowest BCUT2D eigenvalue weighted by molar-refractivity contribution is 0.178. The van der Waals surface area contributed by atoms with Crippen molar-refractivity contribution >= 4 is 18.0 Å². The highest BCUT2D eigenvalue weighted by Gasteiger charge is 2.37. The van der Waals surface area contributed by atoms with Crippen LogP contribution in [0.25, 0.3) is 0 Å². The van der Waals surface area contributed by atoms with E-state index in [4.69, 9.17) is 9.47 Å². The van der Waals surface area contributed by atoms with Crippen LogP contribution in [0.2, 0.25) is 0 Å². The molecule has 1 aliphatic carbocycles. The van der Waals surface area contributed by atoms with Gasteiger partial charge in [-0.1, -0.05) is 37.3 Å². The monoisotopic (exact) mass is 445 g/mol. The smallest absolute Gasteiger partial charge is 0.417 e. The summed E-state index contributed by atoms with van der Waals surface area (Å²) in [6.07, 6.45) is 2.49. The quantitative estimate of drug-likeness (QED) is 0.493. The second kappa shape index (κ2) is 9.05. The van der Waals surface area contributed by atoms with Gasteiger partial charge in [0.2, 0.25) is 11.9 Å². The van der Waals surface area contributed by atoms with E-state index in [1.807, 2.05) is 68.4 Å². The Labute approximate surface area is 193 Å². The van der Waals surface area contributed by atoms with E-state index < -0.39 is 6.09 Å². The molecule has 0 spiro atoms. The van der Waals surface area contributed by atoms with Crippen molar-refractivity contribution < 1.29 is 14.3 Å². The molecule has 1 amide bonds. The molecule has 5 rings (SSSR count). The molecule has 8 heteroatoms. The molecule has 33 heavy (non-hydrogen) atoms. The highest BCUT2D eigenvalue weighted by molar-refractivity contribution is 5.88. The summed E-state index contributed by atoms with van der Waals surface area (Å²) < 4.78 is 11.1. The third-order valence-corrected chi connectivity index (χ3v) is 5.94. The lowest BCUT2D eigenvalue weighted by Gasteiger charge is -2.20. The molecule has 1 N–H and O–H groups in total. The van der Waals surface area contributed by atoms with Crippen LogP contribution in [0.1, 0.15) is 56.5 Å². The summed E-state index contributed by atoms with van der Waals surface area (Å²) in [5, 5.41) is 3.38. The van der Waals surface area contributed by atoms with Gasteiger partial charge in [-0.15, -0.1) is 0 Å². The number of aromatic nitrogens is 3. The van der Waals surface area contributed by atoms with Crippen LogP contribution in [-0.4, -0.2) is 33.7 Å². The van der Waals surface area contributed by atoms with E-state index in [1.54, 1.807) is 4.90 Å². The first kappa shape index (κ1) is 21.2. The van der Waals surface area contributed by atoms with E-state index in [0.717, 1.165) is 42.1 Å². The Morgan fingerprint density at radius 1 is 1.06 bits per heavy atom. The van der Waals surface area contributed by atoms with Gasteiger partial charge < -0.3 is 14.8 Å². The fourth-order valence-electron chi connectivity index (χ4n) is 3.81. The van der Waals surface area contributed by atoms with Gasteiger partial charge in [0, 0.05) is 5.92 Å². The number of nitrogens with zero attached hydrogens (tertiary/aromatic N) is 4. The highest BCUT2D eigenvalue weighted by atomic mass is 16.6. The summed E-state index contributed by atoms with van der Waals surface area (Å²) in [4.78, 5) is 27.7. The van der Waals surface area contributed by atoms with Gasteiger partial charge in [-0.2, -0.15) is 15.0 Å². The molecule has 170 valence electrons. The lowest BCUT2D eigenvalue weighted by Crippen LogP contribution is -2.35. The van der Waals surface area contributed by atoms with E-state index in [2.05, 4.69) is 20.3 Å². The Morgan fingerprint density at radius 2 is 1.79 bits per heavy atom. The van der Waals surface area contributed by atoms with Gasteiger partial charge in [0.15, 0.2) is 0 Å². The van der Waals surface area contributed by atoms with Gasteiger partial charge in [-0.3, -0.25) is 0 Å². The lowest BCUT2D eigenvalue weighted by atomic mass is 10.1. The molecule has 2 aliphatic rings. The van der Waals surface area contributed by atoms with E-state index in [-0.39, 0.29) is 12.1 Å². The number of rotatable bonds is 8. The Bertz CT molecular complexity index is 1120. The second-order valence-electron chi connectivity index (χ2n) is 8.45. The van der Waals surface area contributed by atoms with Crippen LogP contribution in [0.3, 0.4) is 0 Å². The van der Waals surface area contributed by atoms with E-state index in [1.165, 1.54) is 0 Å². The number of benzene rings is 2. The highest BCUT2D eigenvalue weighted by Crippen LogP contribution is 2.39. The van der Waals surface area contributed by atoms with E-state index in [0.29, 0.717) is 24.4 Å². The summed E-state index contributed by atoms with van der Waals surface area (Å²) in [7, 11) is 0. The SMILES string of the molecule is CC[C@H]1COC(=O)N1c1nc(N[C@@H](C)c2ccc(Oc3ccccc3)cc2)nc(C2CC2)n1. The van der Waals surface area contributed by atoms with Gasteiger partial charge in [0.1, 0.15) is 23.9 Å². The molecule has 2 fully saturated rings. The molecule has 2 heterocycles. The van der Waals surface area contributed by atoms with E-state index >= 15 is 0 Å². The number of nitrogens with one attached hydrogen (secondary N) is 1. The zero-order valence-corrected chi connectivity index (χ0v) is 18.8. The van der Waals surface area contributed by atoms with Crippen molar-refractivity contribution in [2.45, 2.75) is 51.1 Å². The fourth-order valence-corrected chi connectivity index (χ4v) is 3.81. The standard InChI is InChI=1S/C25H27N5O3/c1-3-19-15-32-25(31)30(19)24-28-22(18-9-10-18)27-23(29-24)26-16(2)17-11-13-21(14-12-17)33-20-7-5-4-6-8-20/h4-8,11-14,16,18-19H,3,9-10,15H2,1-2H3,(H,26,27,28,29)/t16-,19-/m0/s1. The van der Waals surface area contributed by atoms with Gasteiger partial charge >= 0.3 is 6.09 Å². The Morgan fingerprint density at radius 3 is 2.48 bits per heavy atom. The first-order valence-corrected chi connectivity index (χ1v) is 11.4. The van der Waals surface area contributed by atoms with Crippen LogP contribution in [0.5, 0.6) is 11.5 Å². The number of anilines is 2. The van der Waals surface area contributed by atoms with Gasteiger partial charge in [-0.05, 0) is 56.0 Å². The van der Waals surface area contributed by atoms with Gasteiger partial charge in [0.05, 0.1) is 12.1 Å². The molecule has 0 radical (unpaired) electrons. The zero-order chi connectivity index (χ0) is 22.8. The predicted molar refractivity (Wildman–Crippen MR) is 125 cm³/mol. The molecule has 8 nitrogen and oxygen atoms in total. The molecule has 0 unspecified atom stereocenters. The first-order chi connectivity index (χ1) is 16.1. The van der Waals surface area contributed by atoms with Crippen molar-refractivity contribution in [3.63, 3.8) is 0 Å². The Kier molecular flexibility index (Phi) is 5.81. The number of carbonyl (C=O) groups is 1. The Balaban J connectivity index is 1.34. The van der Waals surface area contributed by atoms with E-state index in [9.17, 15) is 4.79 Å². The van der Waals surface area contributed by atoms with Crippen LogP contribution < -0.4 is 15.0 Å². The van der Waals surface area contributed by atoms with Crippen LogP contribution in [0.15, 0.2) is 54.6 Å². The average molecular weight is 446 g/mol. The molecule has 1 saturated heterocycles.